The Bertz CT molecular complexity index is 1130. The lowest BCUT2D eigenvalue weighted by Crippen LogP contribution is -2.51. The topological polar surface area (TPSA) is 129 Å². The number of carbonyl (C=O) groups is 1. The summed E-state index contributed by atoms with van der Waals surface area (Å²) < 4.78 is 38.5. The standard InChI is InChI=1S/C27H37N3O6S/c1-5-6-15-36-27(32)29-25(16-21-7-9-22(17-28)10-8-21)26(31)19-30(18-20(2)3)37(33,34)24-13-11-23(35-4)12-14-24/h7-14,20,25-26,31H,5-6,15-16,18-19H2,1-4H3,(H,29,32)/t25-,26+/m0/s1. The number of ether oxygens (including phenoxy) is 2. The fourth-order valence-electron chi connectivity index (χ4n) is 3.67. The summed E-state index contributed by atoms with van der Waals surface area (Å²) in [6.07, 6.45) is -0.134. The molecule has 9 nitrogen and oxygen atoms in total. The number of nitrogens with one attached hydrogen (secondary N) is 1. The summed E-state index contributed by atoms with van der Waals surface area (Å²) in [5.41, 5.74) is 1.26. The van der Waals surface area contributed by atoms with Gasteiger partial charge in [0.25, 0.3) is 0 Å². The van der Waals surface area contributed by atoms with Crippen molar-refractivity contribution in [3.63, 3.8) is 0 Å². The van der Waals surface area contributed by atoms with Gasteiger partial charge in [-0.1, -0.05) is 39.3 Å². The second-order valence-corrected chi connectivity index (χ2v) is 11.1. The average molecular weight is 532 g/mol. The van der Waals surface area contributed by atoms with Gasteiger partial charge in [-0.25, -0.2) is 13.2 Å². The van der Waals surface area contributed by atoms with Crippen LogP contribution in [0, 0.1) is 17.2 Å². The summed E-state index contributed by atoms with van der Waals surface area (Å²) in [6.45, 7) is 5.94. The number of hydrogen-bond donors (Lipinski definition) is 2. The predicted octanol–water partition coefficient (Wildman–Crippen LogP) is 3.71. The van der Waals surface area contributed by atoms with Crippen LogP contribution in [0.1, 0.15) is 44.7 Å². The molecule has 0 unspecified atom stereocenters. The monoisotopic (exact) mass is 531 g/mol. The van der Waals surface area contributed by atoms with Gasteiger partial charge < -0.3 is 19.9 Å². The molecule has 2 atom stereocenters. The number of aliphatic hydroxyl groups is 1. The molecule has 1 amide bonds. The summed E-state index contributed by atoms with van der Waals surface area (Å²) in [5, 5.41) is 23.0. The van der Waals surface area contributed by atoms with Gasteiger partial charge in [0, 0.05) is 13.1 Å². The van der Waals surface area contributed by atoms with E-state index in [1.807, 2.05) is 20.8 Å². The summed E-state index contributed by atoms with van der Waals surface area (Å²) in [4.78, 5) is 12.5. The Labute approximate surface area is 220 Å². The molecule has 0 fully saturated rings. The van der Waals surface area contributed by atoms with Gasteiger partial charge >= 0.3 is 6.09 Å². The number of carbonyl (C=O) groups excluding carboxylic acids is 1. The van der Waals surface area contributed by atoms with Crippen molar-refractivity contribution in [2.45, 2.75) is 57.1 Å². The van der Waals surface area contributed by atoms with E-state index in [0.717, 1.165) is 12.0 Å². The summed E-state index contributed by atoms with van der Waals surface area (Å²) >= 11 is 0. The third-order valence-electron chi connectivity index (χ3n) is 5.69. The van der Waals surface area contributed by atoms with Crippen LogP contribution in [0.4, 0.5) is 4.79 Å². The minimum absolute atomic E-state index is 0.0100. The van der Waals surface area contributed by atoms with Gasteiger partial charge in [0.05, 0.1) is 42.4 Å². The van der Waals surface area contributed by atoms with Crippen LogP contribution in [0.15, 0.2) is 53.4 Å². The first-order chi connectivity index (χ1) is 17.6. The lowest BCUT2D eigenvalue weighted by Gasteiger charge is -2.30. The third kappa shape index (κ3) is 9.35. The van der Waals surface area contributed by atoms with Gasteiger partial charge in [-0.15, -0.1) is 0 Å². The Morgan fingerprint density at radius 1 is 1.11 bits per heavy atom. The van der Waals surface area contributed by atoms with E-state index in [2.05, 4.69) is 11.4 Å². The van der Waals surface area contributed by atoms with Gasteiger partial charge in [0.15, 0.2) is 0 Å². The van der Waals surface area contributed by atoms with E-state index >= 15 is 0 Å². The van der Waals surface area contributed by atoms with Crippen molar-refractivity contribution in [1.82, 2.24) is 9.62 Å². The molecule has 0 aromatic heterocycles. The highest BCUT2D eigenvalue weighted by Gasteiger charge is 2.31. The number of unbranched alkanes of at least 4 members (excludes halogenated alkanes) is 1. The largest absolute Gasteiger partial charge is 0.497 e. The van der Waals surface area contributed by atoms with E-state index in [0.29, 0.717) is 17.7 Å². The van der Waals surface area contributed by atoms with Crippen molar-refractivity contribution >= 4 is 16.1 Å². The van der Waals surface area contributed by atoms with Crippen molar-refractivity contribution in [1.29, 1.82) is 5.26 Å². The molecule has 0 bridgehead atoms. The van der Waals surface area contributed by atoms with Gasteiger partial charge in [-0.3, -0.25) is 0 Å². The molecule has 0 saturated heterocycles. The zero-order chi connectivity index (χ0) is 27.4. The molecule has 0 aliphatic heterocycles. The second-order valence-electron chi connectivity index (χ2n) is 9.21. The van der Waals surface area contributed by atoms with Crippen LogP contribution in [0.2, 0.25) is 0 Å². The first kappa shape index (κ1) is 30.1. The van der Waals surface area contributed by atoms with Crippen LogP contribution in [-0.4, -0.2) is 62.9 Å². The molecule has 0 saturated carbocycles. The van der Waals surface area contributed by atoms with Crippen molar-refractivity contribution in [2.75, 3.05) is 26.8 Å². The number of sulfonamides is 1. The maximum absolute atomic E-state index is 13.5. The van der Waals surface area contributed by atoms with Crippen molar-refractivity contribution in [2.24, 2.45) is 5.92 Å². The molecule has 37 heavy (non-hydrogen) atoms. The minimum atomic E-state index is -3.94. The van der Waals surface area contributed by atoms with Crippen LogP contribution in [0.25, 0.3) is 0 Å². The zero-order valence-corrected chi connectivity index (χ0v) is 22.7. The Kier molecular flexibility index (Phi) is 11.9. The van der Waals surface area contributed by atoms with Crippen molar-refractivity contribution < 1.29 is 27.8 Å². The molecule has 202 valence electrons. The normalized spacial score (nSPS) is 13.1. The van der Waals surface area contributed by atoms with Crippen LogP contribution in [0.3, 0.4) is 0 Å². The average Bonchev–Trinajstić information content (AvgIpc) is 2.88. The Hall–Kier alpha value is -3.13. The lowest BCUT2D eigenvalue weighted by atomic mass is 10.00. The van der Waals surface area contributed by atoms with Crippen molar-refractivity contribution in [3.05, 3.63) is 59.7 Å². The molecule has 2 aromatic carbocycles. The number of benzene rings is 2. The third-order valence-corrected chi connectivity index (χ3v) is 7.54. The molecular weight excluding hydrogens is 494 g/mol. The summed E-state index contributed by atoms with van der Waals surface area (Å²) in [5.74, 6) is 0.520. The molecule has 0 spiro atoms. The number of hydrogen-bond acceptors (Lipinski definition) is 7. The molecule has 10 heteroatoms. The molecular formula is C27H37N3O6S. The minimum Gasteiger partial charge on any atom is -0.497 e. The predicted molar refractivity (Wildman–Crippen MR) is 141 cm³/mol. The summed E-state index contributed by atoms with van der Waals surface area (Å²) in [6, 6.07) is 14.1. The second kappa shape index (κ2) is 14.6. The smallest absolute Gasteiger partial charge is 0.407 e. The fraction of sp³-hybridized carbons (Fsp3) is 0.481. The van der Waals surface area contributed by atoms with E-state index in [4.69, 9.17) is 14.7 Å². The highest BCUT2D eigenvalue weighted by atomic mass is 32.2. The first-order valence-electron chi connectivity index (χ1n) is 12.3. The first-order valence-corrected chi connectivity index (χ1v) is 13.8. The van der Waals surface area contributed by atoms with E-state index < -0.39 is 28.3 Å². The maximum atomic E-state index is 13.5. The number of alkyl carbamates (subject to hydrolysis) is 1. The van der Waals surface area contributed by atoms with Gasteiger partial charge in [-0.2, -0.15) is 9.57 Å². The van der Waals surface area contributed by atoms with Gasteiger partial charge in [0.1, 0.15) is 5.75 Å². The van der Waals surface area contributed by atoms with E-state index in [1.54, 1.807) is 36.4 Å². The van der Waals surface area contributed by atoms with Gasteiger partial charge in [0.2, 0.25) is 10.0 Å². The van der Waals surface area contributed by atoms with Crippen molar-refractivity contribution in [3.8, 4) is 11.8 Å². The zero-order valence-electron chi connectivity index (χ0n) is 21.9. The fourth-order valence-corrected chi connectivity index (χ4v) is 5.29. The highest BCUT2D eigenvalue weighted by molar-refractivity contribution is 7.89. The quantitative estimate of drug-likeness (QED) is 0.356. The Morgan fingerprint density at radius 2 is 1.76 bits per heavy atom. The van der Waals surface area contributed by atoms with Crippen LogP contribution in [0.5, 0.6) is 5.75 Å². The SMILES string of the molecule is CCCCOC(=O)N[C@@H](Cc1ccc(C#N)cc1)[C@H](O)CN(CC(C)C)S(=O)(=O)c1ccc(OC)cc1. The lowest BCUT2D eigenvalue weighted by molar-refractivity contribution is 0.0889. The van der Waals surface area contributed by atoms with E-state index in [-0.39, 0.29) is 36.9 Å². The number of aliphatic hydroxyl groups excluding tert-OH is 1. The van der Waals surface area contributed by atoms with E-state index in [1.165, 1.54) is 23.5 Å². The number of nitriles is 1. The Morgan fingerprint density at radius 3 is 2.30 bits per heavy atom. The molecule has 2 N–H and O–H groups in total. The Balaban J connectivity index is 2.29. The molecule has 0 aliphatic carbocycles. The molecule has 2 aromatic rings. The molecule has 0 heterocycles. The number of amides is 1. The van der Waals surface area contributed by atoms with Crippen LogP contribution < -0.4 is 10.1 Å². The number of methoxy groups -OCH3 is 1. The van der Waals surface area contributed by atoms with Crippen LogP contribution in [-0.2, 0) is 21.2 Å². The number of nitrogens with zero attached hydrogens (tertiary/aromatic N) is 2. The molecule has 0 radical (unpaired) electrons. The number of rotatable bonds is 14. The highest BCUT2D eigenvalue weighted by Crippen LogP contribution is 2.22. The van der Waals surface area contributed by atoms with Crippen LogP contribution >= 0.6 is 0 Å². The molecule has 2 rings (SSSR count). The van der Waals surface area contributed by atoms with E-state index in [9.17, 15) is 18.3 Å². The molecule has 0 aliphatic rings. The summed E-state index contributed by atoms with van der Waals surface area (Å²) in [7, 11) is -2.44. The maximum Gasteiger partial charge on any atom is 0.407 e. The van der Waals surface area contributed by atoms with Gasteiger partial charge in [-0.05, 0) is 60.7 Å².